The van der Waals surface area contributed by atoms with Gasteiger partial charge >= 0.3 is 6.03 Å². The highest BCUT2D eigenvalue weighted by molar-refractivity contribution is 5.76. The Kier molecular flexibility index (Phi) is 7.06. The van der Waals surface area contributed by atoms with Crippen LogP contribution in [0.1, 0.15) is 32.1 Å². The van der Waals surface area contributed by atoms with Gasteiger partial charge in [0.1, 0.15) is 5.82 Å². The van der Waals surface area contributed by atoms with Gasteiger partial charge in [-0.15, -0.1) is 6.42 Å². The molecule has 1 unspecified atom stereocenters. The van der Waals surface area contributed by atoms with E-state index in [9.17, 15) is 4.79 Å². The van der Waals surface area contributed by atoms with Crippen molar-refractivity contribution in [2.45, 2.75) is 32.9 Å². The van der Waals surface area contributed by atoms with Gasteiger partial charge in [-0.1, -0.05) is 19.8 Å². The van der Waals surface area contributed by atoms with Crippen LogP contribution in [-0.4, -0.2) is 72.3 Å². The van der Waals surface area contributed by atoms with Crippen molar-refractivity contribution in [3.8, 4) is 12.3 Å². The first kappa shape index (κ1) is 20.3. The monoisotopic (exact) mass is 361 g/mol. The van der Waals surface area contributed by atoms with Crippen LogP contribution in [0.3, 0.4) is 0 Å². The largest absolute Gasteiger partial charge is 0.383 e. The Balaban J connectivity index is 1.92. The average Bonchev–Trinajstić information content (AvgIpc) is 3.02. The molecule has 0 spiro atoms. The van der Waals surface area contributed by atoms with Gasteiger partial charge in [-0.2, -0.15) is 0 Å². The lowest BCUT2D eigenvalue weighted by molar-refractivity contribution is -0.0238. The second-order valence-corrected chi connectivity index (χ2v) is 7.52. The van der Waals surface area contributed by atoms with E-state index in [2.05, 4.69) is 39.5 Å². The molecule has 144 valence electrons. The van der Waals surface area contributed by atoms with E-state index >= 15 is 0 Å². The molecule has 1 fully saturated rings. The number of nitrogens with one attached hydrogen (secondary N) is 1. The molecule has 0 aromatic carbocycles. The first-order valence-corrected chi connectivity index (χ1v) is 9.07. The number of nitrogens with zero attached hydrogens (tertiary/aromatic N) is 4. The Morgan fingerprint density at radius 3 is 3.00 bits per heavy atom. The van der Waals surface area contributed by atoms with Gasteiger partial charge in [-0.05, 0) is 13.5 Å². The molecule has 0 radical (unpaired) electrons. The van der Waals surface area contributed by atoms with E-state index in [4.69, 9.17) is 11.2 Å². The summed E-state index contributed by atoms with van der Waals surface area (Å²) in [4.78, 5) is 21.1. The third-order valence-electron chi connectivity index (χ3n) is 4.77. The normalized spacial score (nSPS) is 18.5. The number of hydrogen-bond donors (Lipinski definition) is 1. The molecule has 1 N–H and O–H groups in total. The van der Waals surface area contributed by atoms with Crippen LogP contribution < -0.4 is 5.32 Å². The van der Waals surface area contributed by atoms with E-state index in [1.54, 1.807) is 13.3 Å². The van der Waals surface area contributed by atoms with Gasteiger partial charge in [0.2, 0.25) is 0 Å². The summed E-state index contributed by atoms with van der Waals surface area (Å²) in [5.41, 5.74) is 0.000524. The molecule has 1 aromatic heterocycles. The molecule has 26 heavy (non-hydrogen) atoms. The summed E-state index contributed by atoms with van der Waals surface area (Å²) < 4.78 is 7.25. The molecule has 1 aliphatic rings. The molecule has 1 aliphatic heterocycles. The number of amides is 2. The van der Waals surface area contributed by atoms with Crippen LogP contribution >= 0.6 is 0 Å². The van der Waals surface area contributed by atoms with Crippen molar-refractivity contribution in [1.82, 2.24) is 24.7 Å². The highest BCUT2D eigenvalue weighted by Crippen LogP contribution is 2.47. The lowest BCUT2D eigenvalue weighted by Gasteiger charge is -2.53. The molecule has 2 rings (SSSR count). The second kappa shape index (κ2) is 9.06. The minimum absolute atomic E-state index is 0.000524. The van der Waals surface area contributed by atoms with Crippen LogP contribution in [0.2, 0.25) is 0 Å². The van der Waals surface area contributed by atoms with Gasteiger partial charge in [-0.25, -0.2) is 9.78 Å². The quantitative estimate of drug-likeness (QED) is 0.536. The van der Waals surface area contributed by atoms with Crippen molar-refractivity contribution < 1.29 is 9.53 Å². The summed E-state index contributed by atoms with van der Waals surface area (Å²) in [7, 11) is 3.67. The number of aromatic nitrogens is 2. The third kappa shape index (κ3) is 4.77. The van der Waals surface area contributed by atoms with E-state index in [1.165, 1.54) is 0 Å². The van der Waals surface area contributed by atoms with Crippen LogP contribution in [0.4, 0.5) is 4.79 Å². The molecule has 2 heterocycles. The van der Waals surface area contributed by atoms with Crippen LogP contribution in [0, 0.1) is 17.8 Å². The second-order valence-electron chi connectivity index (χ2n) is 7.52. The number of terminal acetylenes is 1. The first-order chi connectivity index (χ1) is 12.4. The molecule has 0 bridgehead atoms. The van der Waals surface area contributed by atoms with E-state index in [-0.39, 0.29) is 17.5 Å². The van der Waals surface area contributed by atoms with Gasteiger partial charge in [0.05, 0.1) is 19.2 Å². The van der Waals surface area contributed by atoms with Crippen molar-refractivity contribution in [1.29, 1.82) is 0 Å². The van der Waals surface area contributed by atoms with Crippen LogP contribution in [-0.2, 0) is 11.3 Å². The van der Waals surface area contributed by atoms with Crippen LogP contribution in [0.15, 0.2) is 12.4 Å². The Morgan fingerprint density at radius 2 is 2.35 bits per heavy atom. The first-order valence-electron chi connectivity index (χ1n) is 9.07. The molecular weight excluding hydrogens is 330 g/mol. The van der Waals surface area contributed by atoms with Gasteiger partial charge in [-0.3, -0.25) is 4.90 Å². The van der Waals surface area contributed by atoms with Crippen molar-refractivity contribution >= 4 is 6.03 Å². The smallest absolute Gasteiger partial charge is 0.318 e. The van der Waals surface area contributed by atoms with Gasteiger partial charge in [0, 0.05) is 51.1 Å². The Hall–Kier alpha value is -2.04. The lowest BCUT2D eigenvalue weighted by atomic mass is 9.74. The molecule has 1 aromatic rings. The summed E-state index contributed by atoms with van der Waals surface area (Å²) in [6.45, 7) is 8.54. The zero-order valence-corrected chi connectivity index (χ0v) is 16.4. The number of methoxy groups -OCH3 is 1. The molecule has 1 atom stereocenters. The van der Waals surface area contributed by atoms with E-state index < -0.39 is 0 Å². The Morgan fingerprint density at radius 1 is 1.58 bits per heavy atom. The molecule has 0 aliphatic carbocycles. The molecule has 7 nitrogen and oxygen atoms in total. The number of carbonyl (C=O) groups is 1. The van der Waals surface area contributed by atoms with Crippen molar-refractivity contribution in [2.75, 3.05) is 46.9 Å². The number of ether oxygens (including phenoxy) is 1. The SMILES string of the molecule is C#CCN(C)CCCNC(=O)N1CC(C)(C)C1c1nccn1CCOC. The molecule has 1 saturated heterocycles. The fraction of sp³-hybridized carbons (Fsp3) is 0.684. The maximum Gasteiger partial charge on any atom is 0.318 e. The Labute approximate surface area is 156 Å². The predicted octanol–water partition coefficient (Wildman–Crippen LogP) is 1.58. The predicted molar refractivity (Wildman–Crippen MR) is 102 cm³/mol. The maximum absolute atomic E-state index is 12.6. The fourth-order valence-corrected chi connectivity index (χ4v) is 3.43. The molecular formula is C19H31N5O2. The number of hydrogen-bond acceptors (Lipinski definition) is 4. The summed E-state index contributed by atoms with van der Waals surface area (Å²) in [5.74, 6) is 3.53. The Bertz CT molecular complexity index is 634. The lowest BCUT2D eigenvalue weighted by Crippen LogP contribution is -2.61. The van der Waals surface area contributed by atoms with Gasteiger partial charge in [0.25, 0.3) is 0 Å². The van der Waals surface area contributed by atoms with Crippen molar-refractivity contribution in [3.05, 3.63) is 18.2 Å². The third-order valence-corrected chi connectivity index (χ3v) is 4.77. The highest BCUT2D eigenvalue weighted by Gasteiger charge is 2.50. The zero-order valence-electron chi connectivity index (χ0n) is 16.4. The maximum atomic E-state index is 12.6. The zero-order chi connectivity index (χ0) is 19.2. The van der Waals surface area contributed by atoms with E-state index in [0.717, 1.165) is 31.9 Å². The molecule has 0 saturated carbocycles. The topological polar surface area (TPSA) is 62.6 Å². The van der Waals surface area contributed by atoms with E-state index in [1.807, 2.05) is 18.1 Å². The summed E-state index contributed by atoms with van der Waals surface area (Å²) >= 11 is 0. The number of imidazole rings is 1. The van der Waals surface area contributed by atoms with Gasteiger partial charge in [0.15, 0.2) is 0 Å². The summed E-state index contributed by atoms with van der Waals surface area (Å²) in [5, 5.41) is 3.02. The molecule has 2 amide bonds. The summed E-state index contributed by atoms with van der Waals surface area (Å²) in [6.07, 6.45) is 9.90. The minimum Gasteiger partial charge on any atom is -0.383 e. The summed E-state index contributed by atoms with van der Waals surface area (Å²) in [6, 6.07) is -0.0614. The van der Waals surface area contributed by atoms with E-state index in [0.29, 0.717) is 19.7 Å². The van der Waals surface area contributed by atoms with Crippen molar-refractivity contribution in [3.63, 3.8) is 0 Å². The van der Waals surface area contributed by atoms with Crippen LogP contribution in [0.5, 0.6) is 0 Å². The minimum atomic E-state index is -0.0322. The average molecular weight is 361 g/mol. The van der Waals surface area contributed by atoms with Gasteiger partial charge < -0.3 is 19.5 Å². The number of rotatable bonds is 9. The number of likely N-dealkylation sites (tertiary alicyclic amines) is 1. The van der Waals surface area contributed by atoms with Crippen molar-refractivity contribution in [2.24, 2.45) is 5.41 Å². The number of carbonyl (C=O) groups excluding carboxylic acids is 1. The standard InChI is InChI=1S/C19H31N5O2/c1-6-10-22(4)11-7-8-21-18(25)24-15-19(2,3)16(24)17-20-9-12-23(17)13-14-26-5/h1,9,12,16H,7-8,10-11,13-15H2,2-5H3,(H,21,25). The fourth-order valence-electron chi connectivity index (χ4n) is 3.43. The van der Waals surface area contributed by atoms with Crippen LogP contribution in [0.25, 0.3) is 0 Å². The number of urea groups is 1. The highest BCUT2D eigenvalue weighted by atomic mass is 16.5. The molecule has 7 heteroatoms.